The first-order valence-corrected chi connectivity index (χ1v) is 8.96. The Hall–Kier alpha value is -0.950. The lowest BCUT2D eigenvalue weighted by molar-refractivity contribution is 0.0997. The van der Waals surface area contributed by atoms with E-state index < -0.39 is 0 Å². The molecule has 1 aromatic carbocycles. The van der Waals surface area contributed by atoms with Crippen LogP contribution in [0.4, 0.5) is 0 Å². The number of hydrogen-bond donors (Lipinski definition) is 0. The maximum Gasteiger partial charge on any atom is 0.280 e. The predicted octanol–water partition coefficient (Wildman–Crippen LogP) is 3.92. The van der Waals surface area contributed by atoms with Crippen molar-refractivity contribution in [2.75, 3.05) is 0 Å². The van der Waals surface area contributed by atoms with Crippen LogP contribution in [0.15, 0.2) is 29.3 Å². The number of aryl methyl sites for hydroxylation is 1. The van der Waals surface area contributed by atoms with Crippen LogP contribution in [0.2, 0.25) is 0 Å². The Kier molecular flexibility index (Phi) is 4.31. The first-order valence-electron chi connectivity index (χ1n) is 7.06. The van der Waals surface area contributed by atoms with Crippen LogP contribution in [-0.4, -0.2) is 10.5 Å². The molecule has 1 amide bonds. The lowest BCUT2D eigenvalue weighted by Gasteiger charge is -2.04. The number of amides is 1. The largest absolute Gasteiger partial charge is 0.320 e. The second-order valence-electron chi connectivity index (χ2n) is 5.48. The van der Waals surface area contributed by atoms with E-state index in [2.05, 4.69) is 46.0 Å². The molecule has 1 heterocycles. The average Bonchev–Trinajstić information content (AvgIpc) is 3.23. The van der Waals surface area contributed by atoms with E-state index in [9.17, 15) is 4.79 Å². The third kappa shape index (κ3) is 3.29. The standard InChI is InChI=1S/C16H17IN2OS/c1-10-11(2)21-16(19(10)9-12-7-8-12)18-15(20)13-5-3-4-6-14(13)17/h3-6,12H,7-9H2,1-2H3. The van der Waals surface area contributed by atoms with Gasteiger partial charge >= 0.3 is 0 Å². The Labute approximate surface area is 141 Å². The predicted molar refractivity (Wildman–Crippen MR) is 93.6 cm³/mol. The van der Waals surface area contributed by atoms with Crippen LogP contribution in [-0.2, 0) is 6.54 Å². The summed E-state index contributed by atoms with van der Waals surface area (Å²) in [6, 6.07) is 7.60. The fourth-order valence-corrected chi connectivity index (χ4v) is 3.84. The van der Waals surface area contributed by atoms with Gasteiger partial charge in [-0.1, -0.05) is 12.1 Å². The van der Waals surface area contributed by atoms with E-state index in [4.69, 9.17) is 0 Å². The molecule has 21 heavy (non-hydrogen) atoms. The molecule has 0 aliphatic heterocycles. The van der Waals surface area contributed by atoms with Crippen molar-refractivity contribution >= 4 is 39.8 Å². The van der Waals surface area contributed by atoms with Crippen molar-refractivity contribution < 1.29 is 4.79 Å². The van der Waals surface area contributed by atoms with Gasteiger partial charge in [-0.05, 0) is 67.3 Å². The van der Waals surface area contributed by atoms with E-state index in [1.807, 2.05) is 24.3 Å². The highest BCUT2D eigenvalue weighted by molar-refractivity contribution is 14.1. The summed E-state index contributed by atoms with van der Waals surface area (Å²) < 4.78 is 3.16. The monoisotopic (exact) mass is 412 g/mol. The fraction of sp³-hybridized carbons (Fsp3) is 0.375. The van der Waals surface area contributed by atoms with Gasteiger partial charge in [-0.3, -0.25) is 4.79 Å². The van der Waals surface area contributed by atoms with E-state index >= 15 is 0 Å². The highest BCUT2D eigenvalue weighted by Crippen LogP contribution is 2.31. The minimum absolute atomic E-state index is 0.147. The van der Waals surface area contributed by atoms with Crippen LogP contribution in [0.1, 0.15) is 33.8 Å². The number of rotatable bonds is 3. The molecule has 110 valence electrons. The smallest absolute Gasteiger partial charge is 0.280 e. The molecule has 0 bridgehead atoms. The molecule has 0 atom stereocenters. The highest BCUT2D eigenvalue weighted by atomic mass is 127. The Bertz CT molecular complexity index is 756. The first-order chi connectivity index (χ1) is 10.1. The topological polar surface area (TPSA) is 34.4 Å². The number of benzene rings is 1. The molecule has 1 saturated carbocycles. The van der Waals surface area contributed by atoms with Gasteiger partial charge in [0.25, 0.3) is 5.91 Å². The van der Waals surface area contributed by atoms with Crippen molar-refractivity contribution in [2.24, 2.45) is 10.9 Å². The summed E-state index contributed by atoms with van der Waals surface area (Å²) in [5.74, 6) is 0.620. The molecule has 0 radical (unpaired) electrons. The second kappa shape index (κ2) is 6.04. The lowest BCUT2D eigenvalue weighted by atomic mass is 10.2. The summed E-state index contributed by atoms with van der Waals surface area (Å²) in [5.41, 5.74) is 1.92. The quantitative estimate of drug-likeness (QED) is 0.704. The maximum absolute atomic E-state index is 12.4. The molecule has 0 spiro atoms. The van der Waals surface area contributed by atoms with Gasteiger partial charge in [-0.2, -0.15) is 4.99 Å². The molecule has 3 rings (SSSR count). The number of nitrogens with zero attached hydrogens (tertiary/aromatic N) is 2. The number of carbonyl (C=O) groups is 1. The molecule has 1 fully saturated rings. The number of aromatic nitrogens is 1. The van der Waals surface area contributed by atoms with Gasteiger partial charge in [-0.15, -0.1) is 11.3 Å². The molecule has 1 aliphatic carbocycles. The van der Waals surface area contributed by atoms with Crippen molar-refractivity contribution in [3.05, 3.63) is 48.8 Å². The Morgan fingerprint density at radius 3 is 2.76 bits per heavy atom. The van der Waals surface area contributed by atoms with Crippen molar-refractivity contribution in [3.8, 4) is 0 Å². The van der Waals surface area contributed by atoms with Crippen molar-refractivity contribution in [3.63, 3.8) is 0 Å². The van der Waals surface area contributed by atoms with Gasteiger partial charge in [0.2, 0.25) is 0 Å². The van der Waals surface area contributed by atoms with Gasteiger partial charge in [0, 0.05) is 20.7 Å². The number of carbonyl (C=O) groups excluding carboxylic acids is 1. The third-order valence-electron chi connectivity index (χ3n) is 3.83. The third-order valence-corrected chi connectivity index (χ3v) is 5.87. The number of hydrogen-bond acceptors (Lipinski definition) is 2. The van der Waals surface area contributed by atoms with Crippen LogP contribution < -0.4 is 4.80 Å². The zero-order valence-corrected chi connectivity index (χ0v) is 15.1. The van der Waals surface area contributed by atoms with Crippen LogP contribution >= 0.6 is 33.9 Å². The molecular weight excluding hydrogens is 395 g/mol. The van der Waals surface area contributed by atoms with Gasteiger partial charge in [0.1, 0.15) is 0 Å². The van der Waals surface area contributed by atoms with Crippen LogP contribution in [0.25, 0.3) is 0 Å². The van der Waals surface area contributed by atoms with E-state index in [-0.39, 0.29) is 5.91 Å². The highest BCUT2D eigenvalue weighted by Gasteiger charge is 2.23. The van der Waals surface area contributed by atoms with E-state index in [1.54, 1.807) is 11.3 Å². The van der Waals surface area contributed by atoms with E-state index in [0.29, 0.717) is 5.56 Å². The van der Waals surface area contributed by atoms with Crippen LogP contribution in [0, 0.1) is 23.3 Å². The van der Waals surface area contributed by atoms with Crippen LogP contribution in [0.5, 0.6) is 0 Å². The molecule has 0 N–H and O–H groups in total. The second-order valence-corrected chi connectivity index (χ2v) is 7.82. The summed E-state index contributed by atoms with van der Waals surface area (Å²) in [7, 11) is 0. The van der Waals surface area contributed by atoms with Gasteiger partial charge in [0.05, 0.1) is 5.56 Å². The van der Waals surface area contributed by atoms with Gasteiger partial charge in [0.15, 0.2) is 4.80 Å². The molecule has 1 aromatic heterocycles. The molecule has 0 saturated heterocycles. The fourth-order valence-electron chi connectivity index (χ4n) is 2.24. The summed E-state index contributed by atoms with van der Waals surface area (Å²) in [6.45, 7) is 5.21. The molecule has 2 aromatic rings. The van der Waals surface area contributed by atoms with Crippen molar-refractivity contribution in [2.45, 2.75) is 33.2 Å². The first kappa shape index (κ1) is 15.0. The molecule has 5 heteroatoms. The van der Waals surface area contributed by atoms with E-state index in [0.717, 1.165) is 20.8 Å². The van der Waals surface area contributed by atoms with E-state index in [1.165, 1.54) is 23.4 Å². The van der Waals surface area contributed by atoms with Gasteiger partial charge < -0.3 is 4.57 Å². The molecule has 0 unspecified atom stereocenters. The van der Waals surface area contributed by atoms with Gasteiger partial charge in [-0.25, -0.2) is 0 Å². The minimum atomic E-state index is -0.147. The number of thiazole rings is 1. The average molecular weight is 412 g/mol. The molecular formula is C16H17IN2OS. The summed E-state index contributed by atoms with van der Waals surface area (Å²) in [6.07, 6.45) is 2.59. The Morgan fingerprint density at radius 1 is 1.38 bits per heavy atom. The molecule has 3 nitrogen and oxygen atoms in total. The molecule has 1 aliphatic rings. The SMILES string of the molecule is Cc1sc(=NC(=O)c2ccccc2I)n(CC2CC2)c1C. The summed E-state index contributed by atoms with van der Waals surface area (Å²) >= 11 is 3.80. The summed E-state index contributed by atoms with van der Waals surface area (Å²) in [4.78, 5) is 18.9. The van der Waals surface area contributed by atoms with Crippen molar-refractivity contribution in [1.82, 2.24) is 4.57 Å². The lowest BCUT2D eigenvalue weighted by Crippen LogP contribution is -2.19. The number of halogens is 1. The van der Waals surface area contributed by atoms with Crippen molar-refractivity contribution in [1.29, 1.82) is 0 Å². The Balaban J connectivity index is 2.01. The normalized spacial score (nSPS) is 15.5. The Morgan fingerprint density at radius 2 is 2.10 bits per heavy atom. The zero-order valence-electron chi connectivity index (χ0n) is 12.1. The minimum Gasteiger partial charge on any atom is -0.320 e. The van der Waals surface area contributed by atoms with Crippen LogP contribution in [0.3, 0.4) is 0 Å². The zero-order chi connectivity index (χ0) is 15.0. The maximum atomic E-state index is 12.4. The summed E-state index contributed by atoms with van der Waals surface area (Å²) in [5, 5.41) is 0.